The van der Waals surface area contributed by atoms with Crippen molar-refractivity contribution < 1.29 is 14.6 Å². The smallest absolute Gasteiger partial charge is 0.310 e. The van der Waals surface area contributed by atoms with Crippen LogP contribution < -0.4 is 4.74 Å². The van der Waals surface area contributed by atoms with E-state index in [0.717, 1.165) is 36.1 Å². The zero-order chi connectivity index (χ0) is 19.6. The SMILES string of the molecule is O=C(O)C(CCCCc1ccccc1)c1ccc(OCc2ccccc2)cc1. The minimum atomic E-state index is -0.766. The van der Waals surface area contributed by atoms with Crippen LogP contribution in [0.3, 0.4) is 0 Å². The number of aryl methyl sites for hydroxylation is 1. The molecule has 0 fully saturated rings. The summed E-state index contributed by atoms with van der Waals surface area (Å²) in [4.78, 5) is 11.7. The Kier molecular flexibility index (Phi) is 7.25. The third-order valence-electron chi connectivity index (χ3n) is 4.88. The number of carbonyl (C=O) groups is 1. The zero-order valence-electron chi connectivity index (χ0n) is 16.0. The molecule has 0 amide bonds. The summed E-state index contributed by atoms with van der Waals surface area (Å²) in [6.07, 6.45) is 3.51. The Morgan fingerprint density at radius 2 is 1.39 bits per heavy atom. The molecule has 3 nitrogen and oxygen atoms in total. The van der Waals surface area contributed by atoms with Gasteiger partial charge in [-0.15, -0.1) is 0 Å². The molecular formula is C25H26O3. The van der Waals surface area contributed by atoms with Gasteiger partial charge in [-0.2, -0.15) is 0 Å². The summed E-state index contributed by atoms with van der Waals surface area (Å²) in [5.41, 5.74) is 3.24. The van der Waals surface area contributed by atoms with Gasteiger partial charge in [-0.05, 0) is 48.1 Å². The van der Waals surface area contributed by atoms with Gasteiger partial charge in [-0.25, -0.2) is 0 Å². The normalized spacial score (nSPS) is 11.7. The van der Waals surface area contributed by atoms with E-state index in [4.69, 9.17) is 4.74 Å². The fraction of sp³-hybridized carbons (Fsp3) is 0.240. The van der Waals surface area contributed by atoms with E-state index in [-0.39, 0.29) is 0 Å². The Labute approximate surface area is 166 Å². The summed E-state index contributed by atoms with van der Waals surface area (Å²) in [7, 11) is 0. The number of aliphatic carboxylic acids is 1. The van der Waals surface area contributed by atoms with Gasteiger partial charge in [-0.1, -0.05) is 79.2 Å². The predicted molar refractivity (Wildman–Crippen MR) is 112 cm³/mol. The molecule has 0 heterocycles. The maximum Gasteiger partial charge on any atom is 0.310 e. The van der Waals surface area contributed by atoms with Crippen LogP contribution in [0.25, 0.3) is 0 Å². The van der Waals surface area contributed by atoms with E-state index >= 15 is 0 Å². The first-order valence-corrected chi connectivity index (χ1v) is 9.76. The van der Waals surface area contributed by atoms with Crippen molar-refractivity contribution in [3.8, 4) is 5.75 Å². The minimum Gasteiger partial charge on any atom is -0.489 e. The lowest BCUT2D eigenvalue weighted by molar-refractivity contribution is -0.139. The Bertz CT molecular complexity index is 842. The van der Waals surface area contributed by atoms with E-state index in [1.54, 1.807) is 0 Å². The monoisotopic (exact) mass is 374 g/mol. The highest BCUT2D eigenvalue weighted by Gasteiger charge is 2.19. The molecule has 0 saturated carbocycles. The van der Waals surface area contributed by atoms with Gasteiger partial charge < -0.3 is 9.84 Å². The topological polar surface area (TPSA) is 46.5 Å². The average molecular weight is 374 g/mol. The van der Waals surface area contributed by atoms with Gasteiger partial charge in [-0.3, -0.25) is 4.79 Å². The molecule has 0 aliphatic heterocycles. The third kappa shape index (κ3) is 5.98. The summed E-state index contributed by atoms with van der Waals surface area (Å²) in [6.45, 7) is 0.502. The van der Waals surface area contributed by atoms with Crippen molar-refractivity contribution in [3.63, 3.8) is 0 Å². The highest BCUT2D eigenvalue weighted by Crippen LogP contribution is 2.25. The van der Waals surface area contributed by atoms with Crippen molar-refractivity contribution in [3.05, 3.63) is 102 Å². The number of benzene rings is 3. The van der Waals surface area contributed by atoms with E-state index in [1.807, 2.05) is 72.8 Å². The van der Waals surface area contributed by atoms with Gasteiger partial charge in [0.25, 0.3) is 0 Å². The maximum absolute atomic E-state index is 11.7. The maximum atomic E-state index is 11.7. The first kappa shape index (κ1) is 19.7. The van der Waals surface area contributed by atoms with Gasteiger partial charge in [0.15, 0.2) is 0 Å². The van der Waals surface area contributed by atoms with Crippen molar-refractivity contribution in [2.75, 3.05) is 0 Å². The van der Waals surface area contributed by atoms with Crippen LogP contribution in [0.15, 0.2) is 84.9 Å². The molecule has 28 heavy (non-hydrogen) atoms. The molecular weight excluding hydrogens is 348 g/mol. The van der Waals surface area contributed by atoms with Crippen LogP contribution in [0, 0.1) is 0 Å². The average Bonchev–Trinajstić information content (AvgIpc) is 2.74. The van der Waals surface area contributed by atoms with Gasteiger partial charge in [0, 0.05) is 0 Å². The molecule has 0 spiro atoms. The Balaban J connectivity index is 1.51. The van der Waals surface area contributed by atoms with Gasteiger partial charge in [0.1, 0.15) is 12.4 Å². The van der Waals surface area contributed by atoms with E-state index in [9.17, 15) is 9.90 Å². The van der Waals surface area contributed by atoms with Crippen LogP contribution in [-0.2, 0) is 17.8 Å². The van der Waals surface area contributed by atoms with E-state index in [0.29, 0.717) is 13.0 Å². The van der Waals surface area contributed by atoms with Crippen LogP contribution in [0.5, 0.6) is 5.75 Å². The highest BCUT2D eigenvalue weighted by molar-refractivity contribution is 5.76. The zero-order valence-corrected chi connectivity index (χ0v) is 16.0. The second-order valence-corrected chi connectivity index (χ2v) is 6.97. The summed E-state index contributed by atoms with van der Waals surface area (Å²) in [6, 6.07) is 27.8. The second kappa shape index (κ2) is 10.3. The first-order chi connectivity index (χ1) is 13.7. The van der Waals surface area contributed by atoms with Crippen LogP contribution >= 0.6 is 0 Å². The van der Waals surface area contributed by atoms with Crippen molar-refractivity contribution in [1.82, 2.24) is 0 Å². The highest BCUT2D eigenvalue weighted by atomic mass is 16.5. The number of hydrogen-bond acceptors (Lipinski definition) is 2. The summed E-state index contributed by atoms with van der Waals surface area (Å²) < 4.78 is 5.79. The molecule has 0 radical (unpaired) electrons. The van der Waals surface area contributed by atoms with E-state index < -0.39 is 11.9 Å². The first-order valence-electron chi connectivity index (χ1n) is 9.76. The molecule has 3 aromatic rings. The molecule has 3 heteroatoms. The Morgan fingerprint density at radius 1 is 0.786 bits per heavy atom. The Morgan fingerprint density at radius 3 is 2.00 bits per heavy atom. The van der Waals surface area contributed by atoms with E-state index in [2.05, 4.69) is 12.1 Å². The molecule has 1 atom stereocenters. The third-order valence-corrected chi connectivity index (χ3v) is 4.88. The lowest BCUT2D eigenvalue weighted by Gasteiger charge is -2.14. The van der Waals surface area contributed by atoms with Crippen molar-refractivity contribution in [1.29, 1.82) is 0 Å². The quantitative estimate of drug-likeness (QED) is 0.453. The molecule has 1 N–H and O–H groups in total. The van der Waals surface area contributed by atoms with E-state index in [1.165, 1.54) is 5.56 Å². The minimum absolute atomic E-state index is 0.473. The summed E-state index contributed by atoms with van der Waals surface area (Å²) in [5, 5.41) is 9.63. The number of carboxylic acid groups (broad SMARTS) is 1. The van der Waals surface area contributed by atoms with Crippen molar-refractivity contribution in [2.45, 2.75) is 38.2 Å². The lowest BCUT2D eigenvalue weighted by atomic mass is 9.92. The van der Waals surface area contributed by atoms with Crippen LogP contribution in [0.2, 0.25) is 0 Å². The Hall–Kier alpha value is -3.07. The predicted octanol–water partition coefficient (Wildman–Crippen LogP) is 5.85. The molecule has 3 rings (SSSR count). The molecule has 0 saturated heterocycles. The molecule has 144 valence electrons. The van der Waals surface area contributed by atoms with Crippen molar-refractivity contribution in [2.24, 2.45) is 0 Å². The van der Waals surface area contributed by atoms with Crippen molar-refractivity contribution >= 4 is 5.97 Å². The number of carboxylic acids is 1. The van der Waals surface area contributed by atoms with Crippen LogP contribution in [-0.4, -0.2) is 11.1 Å². The standard InChI is InChI=1S/C25H26O3/c26-25(27)24(14-8-7-11-20-9-3-1-4-10-20)22-15-17-23(18-16-22)28-19-21-12-5-2-6-13-21/h1-6,9-10,12-13,15-18,24H,7-8,11,14,19H2,(H,26,27). The van der Waals surface area contributed by atoms with Gasteiger partial charge in [0.05, 0.1) is 5.92 Å². The van der Waals surface area contributed by atoms with Crippen LogP contribution in [0.1, 0.15) is 41.9 Å². The van der Waals surface area contributed by atoms with Gasteiger partial charge >= 0.3 is 5.97 Å². The molecule has 3 aromatic carbocycles. The number of ether oxygens (including phenoxy) is 1. The van der Waals surface area contributed by atoms with Crippen LogP contribution in [0.4, 0.5) is 0 Å². The molecule has 0 aliphatic carbocycles. The number of rotatable bonds is 10. The summed E-state index contributed by atoms with van der Waals surface area (Å²) >= 11 is 0. The molecule has 0 aliphatic rings. The molecule has 0 aromatic heterocycles. The largest absolute Gasteiger partial charge is 0.489 e. The molecule has 0 bridgehead atoms. The summed E-state index contributed by atoms with van der Waals surface area (Å²) in [5.74, 6) is -0.488. The van der Waals surface area contributed by atoms with Gasteiger partial charge in [0.2, 0.25) is 0 Å². The second-order valence-electron chi connectivity index (χ2n) is 6.97. The fourth-order valence-electron chi connectivity index (χ4n) is 3.29. The molecule has 1 unspecified atom stereocenters. The lowest BCUT2D eigenvalue weighted by Crippen LogP contribution is -2.11. The number of hydrogen-bond donors (Lipinski definition) is 1. The fourth-order valence-corrected chi connectivity index (χ4v) is 3.29. The number of unbranched alkanes of at least 4 members (excludes halogenated alkanes) is 1.